The molecular weight excluding hydrogens is 464 g/mol. The highest BCUT2D eigenvalue weighted by Crippen LogP contribution is 2.38. The normalized spacial score (nSPS) is 18.1. The number of nitrogens with zero attached hydrogens (tertiary/aromatic N) is 5. The highest BCUT2D eigenvalue weighted by molar-refractivity contribution is 5.79. The molecule has 1 aliphatic carbocycles. The van der Waals surface area contributed by atoms with Crippen LogP contribution in [0.15, 0.2) is 42.7 Å². The molecule has 4 heterocycles. The van der Waals surface area contributed by atoms with Gasteiger partial charge in [-0.15, -0.1) is 0 Å². The van der Waals surface area contributed by atoms with Crippen molar-refractivity contribution in [1.82, 2.24) is 24.7 Å². The molecule has 2 amide bonds. The maximum absolute atomic E-state index is 12.5. The van der Waals surface area contributed by atoms with Crippen LogP contribution in [-0.4, -0.2) is 76.8 Å². The number of nitrogens with two attached hydrogens (primary N) is 1. The van der Waals surface area contributed by atoms with E-state index in [1.165, 1.54) is 55.2 Å². The highest BCUT2D eigenvalue weighted by Gasteiger charge is 2.29. The van der Waals surface area contributed by atoms with Crippen molar-refractivity contribution < 1.29 is 9.59 Å². The lowest BCUT2D eigenvalue weighted by molar-refractivity contribution is -0.138. The monoisotopic (exact) mass is 508 g/mol. The molecule has 2 saturated heterocycles. The summed E-state index contributed by atoms with van der Waals surface area (Å²) >= 11 is 0. The van der Waals surface area contributed by atoms with Crippen molar-refractivity contribution in [3.8, 4) is 0 Å². The maximum atomic E-state index is 12.5. The summed E-state index contributed by atoms with van der Waals surface area (Å²) in [5.41, 5.74) is 8.21. The molecule has 0 atom stereocenters. The minimum absolute atomic E-state index is 0.0926. The van der Waals surface area contributed by atoms with E-state index in [9.17, 15) is 9.59 Å². The summed E-state index contributed by atoms with van der Waals surface area (Å²) in [6, 6.07) is 10.1. The molecule has 3 aliphatic rings. The van der Waals surface area contributed by atoms with Gasteiger partial charge in [-0.3, -0.25) is 19.5 Å². The number of anilines is 1. The first-order chi connectivity index (χ1) is 17.8. The minimum atomic E-state index is 0.0926. The Hall–Kier alpha value is -3.00. The fourth-order valence-electron chi connectivity index (χ4n) is 4.56. The van der Waals surface area contributed by atoms with Crippen molar-refractivity contribution in [2.45, 2.75) is 64.3 Å². The molecule has 2 N–H and O–H groups in total. The Morgan fingerprint density at radius 2 is 1.62 bits per heavy atom. The fourth-order valence-corrected chi connectivity index (χ4v) is 4.56. The summed E-state index contributed by atoms with van der Waals surface area (Å²) in [6.45, 7) is 6.35. The number of pyridine rings is 2. The Labute approximate surface area is 222 Å². The first kappa shape index (κ1) is 28.6. The molecule has 202 valence electrons. The van der Waals surface area contributed by atoms with E-state index in [0.29, 0.717) is 11.7 Å². The molecule has 8 nitrogen and oxygen atoms in total. The Morgan fingerprint density at radius 1 is 0.946 bits per heavy atom. The van der Waals surface area contributed by atoms with E-state index in [-0.39, 0.29) is 11.8 Å². The van der Waals surface area contributed by atoms with Gasteiger partial charge < -0.3 is 15.5 Å². The van der Waals surface area contributed by atoms with Gasteiger partial charge in [0.2, 0.25) is 11.8 Å². The number of carbonyl (C=O) groups excluding carboxylic acids is 2. The predicted molar refractivity (Wildman–Crippen MR) is 148 cm³/mol. The molecular formula is C29H44N6O2. The number of amides is 2. The van der Waals surface area contributed by atoms with E-state index < -0.39 is 0 Å². The second-order valence-electron chi connectivity index (χ2n) is 10.5. The van der Waals surface area contributed by atoms with E-state index >= 15 is 0 Å². The van der Waals surface area contributed by atoms with Gasteiger partial charge in [-0.05, 0) is 87.9 Å². The molecule has 0 bridgehead atoms. The van der Waals surface area contributed by atoms with Crippen molar-refractivity contribution >= 4 is 17.6 Å². The Kier molecular flexibility index (Phi) is 11.3. The van der Waals surface area contributed by atoms with Crippen LogP contribution < -0.4 is 5.73 Å². The molecule has 0 radical (unpaired) electrons. The summed E-state index contributed by atoms with van der Waals surface area (Å²) in [7, 11) is 3.45. The number of aromatic nitrogens is 2. The van der Waals surface area contributed by atoms with Gasteiger partial charge in [0.25, 0.3) is 0 Å². The first-order valence-corrected chi connectivity index (χ1v) is 13.6. The van der Waals surface area contributed by atoms with Crippen LogP contribution in [0.4, 0.5) is 5.82 Å². The van der Waals surface area contributed by atoms with Gasteiger partial charge in [-0.2, -0.15) is 0 Å². The van der Waals surface area contributed by atoms with Crippen LogP contribution in [0.3, 0.4) is 0 Å². The average Bonchev–Trinajstić information content (AvgIpc) is 3.76. The van der Waals surface area contributed by atoms with Crippen LogP contribution in [0.1, 0.15) is 69.0 Å². The molecule has 2 aliphatic heterocycles. The average molecular weight is 509 g/mol. The zero-order valence-electron chi connectivity index (χ0n) is 22.8. The van der Waals surface area contributed by atoms with Crippen molar-refractivity contribution in [2.75, 3.05) is 46.0 Å². The third-order valence-corrected chi connectivity index (χ3v) is 7.17. The van der Waals surface area contributed by atoms with E-state index in [4.69, 9.17) is 5.73 Å². The van der Waals surface area contributed by atoms with Crippen LogP contribution in [0, 0.1) is 5.92 Å². The summed E-state index contributed by atoms with van der Waals surface area (Å²) in [5.74, 6) is 2.10. The summed E-state index contributed by atoms with van der Waals surface area (Å²) in [5, 5.41) is 0. The molecule has 2 aromatic rings. The highest BCUT2D eigenvalue weighted by atomic mass is 16.2. The van der Waals surface area contributed by atoms with Crippen LogP contribution in [-0.2, 0) is 16.1 Å². The summed E-state index contributed by atoms with van der Waals surface area (Å²) < 4.78 is 0. The maximum Gasteiger partial charge on any atom is 0.225 e. The van der Waals surface area contributed by atoms with Gasteiger partial charge in [0.1, 0.15) is 5.82 Å². The molecule has 37 heavy (non-hydrogen) atoms. The van der Waals surface area contributed by atoms with Gasteiger partial charge >= 0.3 is 0 Å². The number of piperidine rings is 2. The summed E-state index contributed by atoms with van der Waals surface area (Å²) in [4.78, 5) is 36.9. The minimum Gasteiger partial charge on any atom is -0.384 e. The number of hydrogen-bond acceptors (Lipinski definition) is 6. The van der Waals surface area contributed by atoms with Crippen molar-refractivity contribution in [2.24, 2.45) is 5.92 Å². The van der Waals surface area contributed by atoms with E-state index in [1.54, 1.807) is 20.3 Å². The van der Waals surface area contributed by atoms with Gasteiger partial charge in [0, 0.05) is 70.6 Å². The molecule has 1 saturated carbocycles. The number of rotatable bonds is 4. The zero-order chi connectivity index (χ0) is 26.6. The first-order valence-electron chi connectivity index (χ1n) is 13.6. The van der Waals surface area contributed by atoms with Crippen LogP contribution in [0.5, 0.6) is 0 Å². The topological polar surface area (TPSA) is 95.7 Å². The number of likely N-dealkylation sites (tertiary alicyclic amines) is 2. The molecule has 2 aromatic heterocycles. The molecule has 5 rings (SSSR count). The summed E-state index contributed by atoms with van der Waals surface area (Å²) in [6.07, 6.45) is 11.9. The molecule has 0 aromatic carbocycles. The van der Waals surface area contributed by atoms with Crippen molar-refractivity contribution in [1.29, 1.82) is 0 Å². The Morgan fingerprint density at radius 3 is 2.16 bits per heavy atom. The molecule has 8 heteroatoms. The quantitative estimate of drug-likeness (QED) is 0.672. The van der Waals surface area contributed by atoms with E-state index in [1.807, 2.05) is 24.4 Å². The Balaban J connectivity index is 0.000000207. The SMILES string of the molecule is CC(=O)N(C)C.Nc1cc(CN2CCC(C(=O)N3CCCCC3)CC2)ccn1.c1ccc(C2CC2)nc1. The lowest BCUT2D eigenvalue weighted by Gasteiger charge is -2.35. The number of nitrogen functional groups attached to an aromatic ring is 1. The third-order valence-electron chi connectivity index (χ3n) is 7.17. The second-order valence-corrected chi connectivity index (χ2v) is 10.5. The fraction of sp³-hybridized carbons (Fsp3) is 0.586. The standard InChI is InChI=1S/C17H26N4O.C8H9N.C4H9NO/c18-16-12-14(4-7-19-16)13-20-10-5-15(6-11-20)17(22)21-8-2-1-3-9-21;1-2-6-9-8(3-1)7-4-5-7;1-4(6)5(2)3/h4,7,12,15H,1-3,5-6,8-11,13H2,(H2,18,19);1-3,6-7H,4-5H2;1-3H3. The lowest BCUT2D eigenvalue weighted by Crippen LogP contribution is -2.44. The van der Waals surface area contributed by atoms with Gasteiger partial charge in [0.05, 0.1) is 0 Å². The van der Waals surface area contributed by atoms with Crippen LogP contribution >= 0.6 is 0 Å². The van der Waals surface area contributed by atoms with E-state index in [0.717, 1.165) is 51.5 Å². The third kappa shape index (κ3) is 10.1. The van der Waals surface area contributed by atoms with Crippen molar-refractivity contribution in [3.63, 3.8) is 0 Å². The van der Waals surface area contributed by atoms with E-state index in [2.05, 4.69) is 31.9 Å². The number of hydrogen-bond donors (Lipinski definition) is 1. The molecule has 3 fully saturated rings. The van der Waals surface area contributed by atoms with Gasteiger partial charge in [-0.1, -0.05) is 6.07 Å². The predicted octanol–water partition coefficient (Wildman–Crippen LogP) is 3.94. The smallest absolute Gasteiger partial charge is 0.225 e. The zero-order valence-corrected chi connectivity index (χ0v) is 22.8. The molecule has 0 spiro atoms. The van der Waals surface area contributed by atoms with Crippen LogP contribution in [0.25, 0.3) is 0 Å². The second kappa shape index (κ2) is 14.7. The lowest BCUT2D eigenvalue weighted by atomic mass is 9.94. The van der Waals surface area contributed by atoms with Gasteiger partial charge in [-0.25, -0.2) is 4.98 Å². The van der Waals surface area contributed by atoms with Gasteiger partial charge in [0.15, 0.2) is 0 Å². The largest absolute Gasteiger partial charge is 0.384 e. The van der Waals surface area contributed by atoms with Crippen molar-refractivity contribution in [3.05, 3.63) is 54.0 Å². The Bertz CT molecular complexity index is 965. The molecule has 0 unspecified atom stereocenters. The number of carbonyl (C=O) groups is 2. The van der Waals surface area contributed by atoms with Crippen LogP contribution in [0.2, 0.25) is 0 Å².